The molecule has 0 unspecified atom stereocenters. The Morgan fingerprint density at radius 3 is 1.73 bits per heavy atom. The first-order valence-electron chi connectivity index (χ1n) is 5.13. The molecule has 0 aromatic rings. The number of rotatable bonds is 8. The average molecular weight is 212 g/mol. The van der Waals surface area contributed by atoms with E-state index >= 15 is 0 Å². The van der Waals surface area contributed by atoms with Gasteiger partial charge in [0.2, 0.25) is 0 Å². The molecular weight excluding hydrogens is 192 g/mol. The predicted octanol–water partition coefficient (Wildman–Crippen LogP) is 3.01. The van der Waals surface area contributed by atoms with E-state index in [0.717, 1.165) is 0 Å². The molecule has 0 aliphatic heterocycles. The Hall–Kier alpha value is -1.38. The van der Waals surface area contributed by atoms with Gasteiger partial charge in [0.15, 0.2) is 0 Å². The third-order valence-electron chi connectivity index (χ3n) is 1.61. The van der Waals surface area contributed by atoms with Gasteiger partial charge in [-0.2, -0.15) is 0 Å². The van der Waals surface area contributed by atoms with Crippen LogP contribution in [0.1, 0.15) is 20.8 Å². The molecule has 0 aliphatic rings. The van der Waals surface area contributed by atoms with E-state index in [1.807, 2.05) is 20.8 Å². The highest BCUT2D eigenvalue weighted by atomic mass is 16.5. The molecule has 0 bridgehead atoms. The number of ether oxygens (including phenoxy) is 3. The Balaban J connectivity index is 4.57. The van der Waals surface area contributed by atoms with Crippen LogP contribution >= 0.6 is 0 Å². The predicted molar refractivity (Wildman–Crippen MR) is 61.2 cm³/mol. The fourth-order valence-electron chi connectivity index (χ4n) is 0.958. The number of hydrogen-bond acceptors (Lipinski definition) is 3. The van der Waals surface area contributed by atoms with Crippen LogP contribution in [-0.4, -0.2) is 19.8 Å². The van der Waals surface area contributed by atoms with Crippen molar-refractivity contribution in [3.8, 4) is 0 Å². The van der Waals surface area contributed by atoms with Crippen molar-refractivity contribution < 1.29 is 14.2 Å². The number of hydrogen-bond donors (Lipinski definition) is 0. The van der Waals surface area contributed by atoms with Crippen LogP contribution in [0.25, 0.3) is 0 Å². The molecule has 0 heterocycles. The van der Waals surface area contributed by atoms with Gasteiger partial charge in [0, 0.05) is 0 Å². The molecule has 0 aliphatic carbocycles. The van der Waals surface area contributed by atoms with Crippen molar-refractivity contribution in [1.29, 1.82) is 0 Å². The second-order valence-electron chi connectivity index (χ2n) is 2.70. The average Bonchev–Trinajstić information content (AvgIpc) is 2.19. The van der Waals surface area contributed by atoms with E-state index in [-0.39, 0.29) is 0 Å². The summed E-state index contributed by atoms with van der Waals surface area (Å²) in [6, 6.07) is 0. The Morgan fingerprint density at radius 1 is 0.933 bits per heavy atom. The Bertz CT molecular complexity index is 221. The lowest BCUT2D eigenvalue weighted by atomic mass is 10.2. The largest absolute Gasteiger partial charge is 0.501 e. The van der Waals surface area contributed by atoms with Crippen molar-refractivity contribution in [3.63, 3.8) is 0 Å². The molecule has 0 radical (unpaired) electrons. The minimum absolute atomic E-state index is 0.518. The standard InChI is InChI=1S/C12H20O3/c1-6-13-9-12(10(4)14-7-2)11(5)15-8-3/h9H,4-8H2,1-3H3. The van der Waals surface area contributed by atoms with E-state index in [9.17, 15) is 0 Å². The third kappa shape index (κ3) is 5.15. The highest BCUT2D eigenvalue weighted by Crippen LogP contribution is 2.18. The maximum Gasteiger partial charge on any atom is 0.126 e. The quantitative estimate of drug-likeness (QED) is 0.457. The first kappa shape index (κ1) is 13.6. The second kappa shape index (κ2) is 7.97. The molecule has 0 saturated heterocycles. The van der Waals surface area contributed by atoms with Crippen molar-refractivity contribution >= 4 is 0 Å². The van der Waals surface area contributed by atoms with Crippen molar-refractivity contribution in [2.75, 3.05) is 19.8 Å². The van der Waals surface area contributed by atoms with Gasteiger partial charge < -0.3 is 14.2 Å². The molecule has 0 fully saturated rings. The van der Waals surface area contributed by atoms with E-state index < -0.39 is 0 Å². The van der Waals surface area contributed by atoms with Gasteiger partial charge in [-0.05, 0) is 20.8 Å². The van der Waals surface area contributed by atoms with E-state index in [1.165, 1.54) is 0 Å². The molecule has 0 atom stereocenters. The van der Waals surface area contributed by atoms with Crippen LogP contribution in [0, 0.1) is 0 Å². The molecular formula is C12H20O3. The van der Waals surface area contributed by atoms with Gasteiger partial charge in [0.05, 0.1) is 31.7 Å². The van der Waals surface area contributed by atoms with Crippen LogP contribution in [0.15, 0.2) is 36.5 Å². The maximum absolute atomic E-state index is 5.28. The van der Waals surface area contributed by atoms with Crippen molar-refractivity contribution in [1.82, 2.24) is 0 Å². The lowest BCUT2D eigenvalue weighted by Crippen LogP contribution is -2.01. The smallest absolute Gasteiger partial charge is 0.126 e. The lowest BCUT2D eigenvalue weighted by molar-refractivity contribution is 0.202. The van der Waals surface area contributed by atoms with E-state index in [1.54, 1.807) is 6.26 Å². The summed E-state index contributed by atoms with van der Waals surface area (Å²) in [5.74, 6) is 1.04. The molecule has 0 aromatic carbocycles. The molecule has 0 rings (SSSR count). The van der Waals surface area contributed by atoms with Crippen LogP contribution < -0.4 is 0 Å². The maximum atomic E-state index is 5.28. The molecule has 0 aromatic heterocycles. The minimum Gasteiger partial charge on any atom is -0.501 e. The summed E-state index contributed by atoms with van der Waals surface area (Å²) < 4.78 is 15.8. The van der Waals surface area contributed by atoms with Gasteiger partial charge >= 0.3 is 0 Å². The van der Waals surface area contributed by atoms with Gasteiger partial charge in [-0.25, -0.2) is 0 Å². The topological polar surface area (TPSA) is 27.7 Å². The zero-order chi connectivity index (χ0) is 11.7. The summed E-state index contributed by atoms with van der Waals surface area (Å²) >= 11 is 0. The highest BCUT2D eigenvalue weighted by molar-refractivity contribution is 5.36. The van der Waals surface area contributed by atoms with Crippen molar-refractivity contribution in [2.24, 2.45) is 0 Å². The molecule has 15 heavy (non-hydrogen) atoms. The molecule has 0 N–H and O–H groups in total. The van der Waals surface area contributed by atoms with Crippen LogP contribution in [0.4, 0.5) is 0 Å². The summed E-state index contributed by atoms with van der Waals surface area (Å²) in [7, 11) is 0. The van der Waals surface area contributed by atoms with Gasteiger partial charge in [-0.15, -0.1) is 0 Å². The third-order valence-corrected chi connectivity index (χ3v) is 1.61. The highest BCUT2D eigenvalue weighted by Gasteiger charge is 2.09. The second-order valence-corrected chi connectivity index (χ2v) is 2.70. The van der Waals surface area contributed by atoms with Gasteiger partial charge in [-0.1, -0.05) is 13.2 Å². The summed E-state index contributed by atoms with van der Waals surface area (Å²) in [6.07, 6.45) is 1.57. The molecule has 86 valence electrons. The first-order valence-corrected chi connectivity index (χ1v) is 5.13. The summed E-state index contributed by atoms with van der Waals surface area (Å²) in [5.41, 5.74) is 0.667. The van der Waals surface area contributed by atoms with Gasteiger partial charge in [-0.3, -0.25) is 0 Å². The van der Waals surface area contributed by atoms with E-state index in [2.05, 4.69) is 13.2 Å². The summed E-state index contributed by atoms with van der Waals surface area (Å²) in [5, 5.41) is 0. The van der Waals surface area contributed by atoms with Crippen LogP contribution in [0.5, 0.6) is 0 Å². The first-order chi connectivity index (χ1) is 7.17. The monoisotopic (exact) mass is 212 g/mol. The van der Waals surface area contributed by atoms with Crippen LogP contribution in [0.2, 0.25) is 0 Å². The summed E-state index contributed by atoms with van der Waals surface area (Å²) in [6.45, 7) is 15.0. The molecule has 0 spiro atoms. The van der Waals surface area contributed by atoms with Gasteiger partial charge in [0.25, 0.3) is 0 Å². The summed E-state index contributed by atoms with van der Waals surface area (Å²) in [4.78, 5) is 0. The zero-order valence-electron chi connectivity index (χ0n) is 9.84. The Labute approximate surface area is 92.0 Å². The molecule has 3 heteroatoms. The zero-order valence-corrected chi connectivity index (χ0v) is 9.84. The van der Waals surface area contributed by atoms with Gasteiger partial charge in [0.1, 0.15) is 11.5 Å². The fourth-order valence-corrected chi connectivity index (χ4v) is 0.958. The Morgan fingerprint density at radius 2 is 1.40 bits per heavy atom. The van der Waals surface area contributed by atoms with Crippen LogP contribution in [-0.2, 0) is 14.2 Å². The van der Waals surface area contributed by atoms with E-state index in [4.69, 9.17) is 14.2 Å². The Kier molecular flexibility index (Phi) is 7.24. The van der Waals surface area contributed by atoms with E-state index in [0.29, 0.717) is 36.9 Å². The van der Waals surface area contributed by atoms with Crippen LogP contribution in [0.3, 0.4) is 0 Å². The van der Waals surface area contributed by atoms with Crippen molar-refractivity contribution in [3.05, 3.63) is 36.5 Å². The molecule has 3 nitrogen and oxygen atoms in total. The molecule has 0 saturated carbocycles. The normalized spacial score (nSPS) is 9.00. The lowest BCUT2D eigenvalue weighted by Gasteiger charge is -2.13. The van der Waals surface area contributed by atoms with Crippen molar-refractivity contribution in [2.45, 2.75) is 20.8 Å². The fraction of sp³-hybridized carbons (Fsp3) is 0.500. The SMILES string of the molecule is C=C(OCC)C(=COCC)C(=C)OCC. The molecule has 0 amide bonds. The minimum atomic E-state index is 0.518.